The largest absolute Gasteiger partial charge is 0.497 e. The predicted molar refractivity (Wildman–Crippen MR) is 128 cm³/mol. The summed E-state index contributed by atoms with van der Waals surface area (Å²) < 4.78 is 5.28. The lowest BCUT2D eigenvalue weighted by Gasteiger charge is -2.49. The molecule has 0 spiro atoms. The topological polar surface area (TPSA) is 66.9 Å². The highest BCUT2D eigenvalue weighted by Crippen LogP contribution is 2.49. The maximum atomic E-state index is 13.4. The minimum absolute atomic E-state index is 0.127. The van der Waals surface area contributed by atoms with Crippen molar-refractivity contribution in [3.05, 3.63) is 77.9 Å². The number of β-lactam (4-membered cyclic amide) rings is 1. The average molecular weight is 542 g/mol. The van der Waals surface area contributed by atoms with E-state index >= 15 is 0 Å². The van der Waals surface area contributed by atoms with Gasteiger partial charge in [-0.1, -0.05) is 58.5 Å². The van der Waals surface area contributed by atoms with E-state index in [0.717, 1.165) is 9.78 Å². The molecule has 0 saturated carbocycles. The molecule has 2 aliphatic rings. The van der Waals surface area contributed by atoms with E-state index in [0.29, 0.717) is 11.4 Å². The summed E-state index contributed by atoms with van der Waals surface area (Å²) in [5.74, 6) is -1.35. The monoisotopic (exact) mass is 540 g/mol. The highest BCUT2D eigenvalue weighted by Gasteiger charge is 2.58. The number of fused-ring (bicyclic) bond motifs is 1. The van der Waals surface area contributed by atoms with Gasteiger partial charge in [0, 0.05) is 16.6 Å². The van der Waals surface area contributed by atoms with Gasteiger partial charge in [0.1, 0.15) is 17.8 Å². The maximum Gasteiger partial charge on any atom is 0.264 e. The lowest BCUT2D eigenvalue weighted by atomic mass is 9.90. The Bertz CT molecular complexity index is 1300. The highest BCUT2D eigenvalue weighted by atomic mass is 35.5. The smallest absolute Gasteiger partial charge is 0.264 e. The number of amides is 3. The summed E-state index contributed by atoms with van der Waals surface area (Å²) in [7, 11) is 1.53. The van der Waals surface area contributed by atoms with Gasteiger partial charge >= 0.3 is 0 Å². The molecule has 1 aromatic heterocycles. The molecule has 0 N–H and O–H groups in total. The van der Waals surface area contributed by atoms with Crippen molar-refractivity contribution in [1.29, 1.82) is 0 Å². The van der Waals surface area contributed by atoms with Crippen LogP contribution < -0.4 is 9.64 Å². The van der Waals surface area contributed by atoms with Crippen molar-refractivity contribution in [3.63, 3.8) is 0 Å². The number of thiophene rings is 1. The summed E-state index contributed by atoms with van der Waals surface area (Å²) in [5, 5.41) is 1.25. The molecule has 3 aromatic rings. The number of hydrogen-bond donors (Lipinski definition) is 0. The van der Waals surface area contributed by atoms with Crippen LogP contribution in [0.1, 0.15) is 31.6 Å². The molecule has 2 aromatic carbocycles. The molecule has 5 rings (SSSR count). The number of methoxy groups -OCH3 is 1. The molecule has 3 heterocycles. The summed E-state index contributed by atoms with van der Waals surface area (Å²) >= 11 is 26.1. The quantitative estimate of drug-likeness (QED) is 0.173. The Morgan fingerprint density at radius 2 is 1.45 bits per heavy atom. The summed E-state index contributed by atoms with van der Waals surface area (Å²) in [6.45, 7) is 0. The van der Waals surface area contributed by atoms with Gasteiger partial charge < -0.3 is 4.74 Å². The van der Waals surface area contributed by atoms with Crippen molar-refractivity contribution in [3.8, 4) is 5.75 Å². The fourth-order valence-corrected chi connectivity index (χ4v) is 5.99. The number of imide groups is 1. The maximum absolute atomic E-state index is 13.4. The van der Waals surface area contributed by atoms with Gasteiger partial charge in [0.2, 0.25) is 0 Å². The fraction of sp³-hybridized carbons (Fsp3) is 0.136. The molecular formula is C22H12Cl4N2O4S. The average Bonchev–Trinajstić information content (AvgIpc) is 3.42. The van der Waals surface area contributed by atoms with Crippen LogP contribution in [-0.2, 0) is 4.79 Å². The van der Waals surface area contributed by atoms with Crippen LogP contribution in [0.25, 0.3) is 0 Å². The first-order valence-electron chi connectivity index (χ1n) is 9.52. The van der Waals surface area contributed by atoms with Crippen molar-refractivity contribution in [1.82, 2.24) is 4.90 Å². The fourth-order valence-electron chi connectivity index (χ4n) is 4.14. The van der Waals surface area contributed by atoms with E-state index in [-0.39, 0.29) is 31.2 Å². The van der Waals surface area contributed by atoms with E-state index < -0.39 is 29.8 Å². The Kier molecular flexibility index (Phi) is 5.58. The molecule has 2 aliphatic heterocycles. The Morgan fingerprint density at radius 1 is 0.818 bits per heavy atom. The van der Waals surface area contributed by atoms with E-state index in [2.05, 4.69) is 0 Å². The second-order valence-corrected chi connectivity index (χ2v) is 9.79. The van der Waals surface area contributed by atoms with Gasteiger partial charge in [-0.05, 0) is 23.6 Å². The number of benzene rings is 2. The number of rotatable bonds is 4. The molecule has 0 unspecified atom stereocenters. The minimum Gasteiger partial charge on any atom is -0.497 e. The Balaban J connectivity index is 1.61. The van der Waals surface area contributed by atoms with Gasteiger partial charge in [-0.3, -0.25) is 24.2 Å². The highest BCUT2D eigenvalue weighted by molar-refractivity contribution is 7.10. The molecule has 168 valence electrons. The van der Waals surface area contributed by atoms with Gasteiger partial charge in [0.05, 0.1) is 38.3 Å². The van der Waals surface area contributed by atoms with Crippen molar-refractivity contribution in [2.45, 2.75) is 12.1 Å². The molecule has 3 amide bonds. The van der Waals surface area contributed by atoms with Crippen molar-refractivity contribution >= 4 is 81.1 Å². The number of ether oxygens (including phenoxy) is 1. The SMILES string of the molecule is COc1cccc(N2C(=O)[C@@H](N3C(=O)c4c(Cl)c(Cl)c(Cl)c(Cl)c4C3=O)[C@H]2c2cccs2)c1. The lowest BCUT2D eigenvalue weighted by Crippen LogP contribution is -2.67. The van der Waals surface area contributed by atoms with Crippen LogP contribution in [-0.4, -0.2) is 35.8 Å². The van der Waals surface area contributed by atoms with E-state index in [4.69, 9.17) is 51.1 Å². The molecule has 6 nitrogen and oxygen atoms in total. The Morgan fingerprint density at radius 3 is 2.00 bits per heavy atom. The summed E-state index contributed by atoms with van der Waals surface area (Å²) in [6, 6.07) is 8.96. The lowest BCUT2D eigenvalue weighted by molar-refractivity contribution is -0.130. The van der Waals surface area contributed by atoms with Crippen LogP contribution in [0.3, 0.4) is 0 Å². The van der Waals surface area contributed by atoms with Crippen LogP contribution in [0, 0.1) is 0 Å². The van der Waals surface area contributed by atoms with Crippen molar-refractivity contribution in [2.75, 3.05) is 12.0 Å². The van der Waals surface area contributed by atoms with E-state index in [1.165, 1.54) is 23.3 Å². The van der Waals surface area contributed by atoms with Crippen molar-refractivity contribution < 1.29 is 19.1 Å². The number of carbonyl (C=O) groups is 3. The molecular weight excluding hydrogens is 530 g/mol. The molecule has 1 fully saturated rings. The van der Waals surface area contributed by atoms with Crippen LogP contribution in [0.15, 0.2) is 41.8 Å². The third kappa shape index (κ3) is 3.18. The number of carbonyl (C=O) groups excluding carboxylic acids is 3. The Hall–Kier alpha value is -2.29. The normalized spacial score (nSPS) is 19.7. The summed E-state index contributed by atoms with van der Waals surface area (Å²) in [4.78, 5) is 43.4. The first-order chi connectivity index (χ1) is 15.8. The third-order valence-corrected chi connectivity index (χ3v) is 8.39. The van der Waals surface area contributed by atoms with Gasteiger partial charge in [-0.25, -0.2) is 0 Å². The van der Waals surface area contributed by atoms with Crippen LogP contribution >= 0.6 is 57.7 Å². The second-order valence-electron chi connectivity index (χ2n) is 7.30. The van der Waals surface area contributed by atoms with Crippen LogP contribution in [0.5, 0.6) is 5.75 Å². The summed E-state index contributed by atoms with van der Waals surface area (Å²) in [6.07, 6.45) is 0. The van der Waals surface area contributed by atoms with E-state index in [1.807, 2.05) is 17.5 Å². The molecule has 0 radical (unpaired) electrons. The first kappa shape index (κ1) is 22.5. The number of nitrogens with zero attached hydrogens (tertiary/aromatic N) is 2. The molecule has 1 saturated heterocycles. The number of hydrogen-bond acceptors (Lipinski definition) is 5. The first-order valence-corrected chi connectivity index (χ1v) is 11.9. The zero-order valence-corrected chi connectivity index (χ0v) is 20.5. The Labute approximate surface area is 212 Å². The summed E-state index contributed by atoms with van der Waals surface area (Å²) in [5.41, 5.74) is 0.269. The van der Waals surface area contributed by atoms with Gasteiger partial charge in [-0.15, -0.1) is 11.3 Å². The van der Waals surface area contributed by atoms with Gasteiger partial charge in [0.15, 0.2) is 0 Å². The molecule has 11 heteroatoms. The molecule has 2 atom stereocenters. The minimum atomic E-state index is -1.09. The van der Waals surface area contributed by atoms with Gasteiger partial charge in [-0.2, -0.15) is 0 Å². The predicted octanol–water partition coefficient (Wildman–Crippen LogP) is 6.12. The molecule has 0 aliphatic carbocycles. The van der Waals surface area contributed by atoms with Gasteiger partial charge in [0.25, 0.3) is 17.7 Å². The zero-order chi connectivity index (χ0) is 23.6. The number of anilines is 1. The molecule has 33 heavy (non-hydrogen) atoms. The van der Waals surface area contributed by atoms with Crippen molar-refractivity contribution in [2.24, 2.45) is 0 Å². The molecule has 0 bridgehead atoms. The number of halogens is 4. The second kappa shape index (κ2) is 8.18. The van der Waals surface area contributed by atoms with Crippen LogP contribution in [0.2, 0.25) is 20.1 Å². The third-order valence-electron chi connectivity index (χ3n) is 5.64. The zero-order valence-electron chi connectivity index (χ0n) is 16.6. The van der Waals surface area contributed by atoms with E-state index in [9.17, 15) is 14.4 Å². The van der Waals surface area contributed by atoms with Crippen LogP contribution in [0.4, 0.5) is 5.69 Å². The standard InChI is InChI=1S/C22H12Cl4N2O4S/c1-32-10-5-2-4-9(8-10)27-18(11-6-3-7-33-11)19(22(27)31)28-20(29)12-13(21(28)30)15(24)17(26)16(25)14(12)23/h2-8,18-19H,1H3/t18-,19+/m1/s1. The van der Waals surface area contributed by atoms with E-state index in [1.54, 1.807) is 24.3 Å².